The molecule has 10 heavy (non-hydrogen) atoms. The lowest BCUT2D eigenvalue weighted by Crippen LogP contribution is -2.46. The summed E-state index contributed by atoms with van der Waals surface area (Å²) >= 11 is 0. The summed E-state index contributed by atoms with van der Waals surface area (Å²) in [7, 11) is 0. The molecular weight excluding hydrogens is 124 g/mol. The van der Waals surface area contributed by atoms with E-state index in [2.05, 4.69) is 20.8 Å². The molecule has 3 aliphatic rings. The molecule has 58 valence electrons. The highest BCUT2D eigenvalue weighted by molar-refractivity contribution is 5.10. The fourth-order valence-electron chi connectivity index (χ4n) is 2.49. The van der Waals surface area contributed by atoms with Gasteiger partial charge in [0.1, 0.15) is 0 Å². The quantitative estimate of drug-likeness (QED) is 0.542. The fraction of sp³-hybridized carbons (Fsp3) is 1.00. The zero-order valence-electron chi connectivity index (χ0n) is 7.11. The molecule has 0 amide bonds. The normalized spacial score (nSPS) is 51.6. The highest BCUT2D eigenvalue weighted by Crippen LogP contribution is 2.60. The second kappa shape index (κ2) is 1.58. The van der Waals surface area contributed by atoms with Gasteiger partial charge < -0.3 is 4.74 Å². The van der Waals surface area contributed by atoms with Crippen LogP contribution in [0.3, 0.4) is 0 Å². The van der Waals surface area contributed by atoms with E-state index in [4.69, 9.17) is 4.74 Å². The molecule has 2 bridgehead atoms. The largest absolute Gasteiger partial charge is 0.374 e. The van der Waals surface area contributed by atoms with Crippen LogP contribution < -0.4 is 0 Å². The van der Waals surface area contributed by atoms with Crippen molar-refractivity contribution in [3.05, 3.63) is 0 Å². The lowest BCUT2D eigenvalue weighted by atomic mass is 9.60. The van der Waals surface area contributed by atoms with Gasteiger partial charge in [-0.2, -0.15) is 0 Å². The van der Waals surface area contributed by atoms with E-state index in [1.807, 2.05) is 0 Å². The molecule has 3 rings (SSSR count). The van der Waals surface area contributed by atoms with Gasteiger partial charge in [0.05, 0.1) is 12.2 Å². The third kappa shape index (κ3) is 0.619. The molecule has 1 saturated carbocycles. The van der Waals surface area contributed by atoms with Gasteiger partial charge >= 0.3 is 0 Å². The standard InChI is InChI=1S/C9H16O/c1-7(2)9-4-8(3,5-9)6-10-9/h7H,4-6H2,1-3H3. The molecule has 3 fully saturated rings. The number of hydrogen-bond acceptors (Lipinski definition) is 1. The van der Waals surface area contributed by atoms with Crippen LogP contribution in [-0.4, -0.2) is 12.2 Å². The molecule has 0 aromatic rings. The molecule has 1 aliphatic carbocycles. The van der Waals surface area contributed by atoms with Gasteiger partial charge in [0.15, 0.2) is 0 Å². The van der Waals surface area contributed by atoms with Crippen molar-refractivity contribution in [3.63, 3.8) is 0 Å². The molecule has 2 saturated heterocycles. The van der Waals surface area contributed by atoms with E-state index in [1.54, 1.807) is 0 Å². The summed E-state index contributed by atoms with van der Waals surface area (Å²) in [4.78, 5) is 0. The average Bonchev–Trinajstić information content (AvgIpc) is 2.19. The monoisotopic (exact) mass is 140 g/mol. The van der Waals surface area contributed by atoms with Crippen LogP contribution >= 0.6 is 0 Å². The Labute approximate surface area is 62.8 Å². The average molecular weight is 140 g/mol. The van der Waals surface area contributed by atoms with Crippen molar-refractivity contribution in [2.24, 2.45) is 11.3 Å². The minimum atomic E-state index is 0.300. The maximum atomic E-state index is 5.78. The molecule has 0 unspecified atom stereocenters. The first-order valence-electron chi connectivity index (χ1n) is 4.20. The molecule has 2 heterocycles. The molecule has 0 N–H and O–H groups in total. The second-order valence-corrected chi connectivity index (χ2v) is 4.67. The van der Waals surface area contributed by atoms with Crippen LogP contribution in [0, 0.1) is 11.3 Å². The Balaban J connectivity index is 2.13. The third-order valence-corrected chi connectivity index (χ3v) is 3.21. The van der Waals surface area contributed by atoms with Gasteiger partial charge in [0.2, 0.25) is 0 Å². The van der Waals surface area contributed by atoms with Crippen molar-refractivity contribution >= 4 is 0 Å². The van der Waals surface area contributed by atoms with E-state index in [0.717, 1.165) is 6.61 Å². The molecular formula is C9H16O. The SMILES string of the molecule is CC(C)C12CC(C)(CO1)C2. The van der Waals surface area contributed by atoms with Crippen LogP contribution in [0.15, 0.2) is 0 Å². The number of fused-ring (bicyclic) bond motifs is 1. The lowest BCUT2D eigenvalue weighted by molar-refractivity contribution is -0.0515. The number of rotatable bonds is 1. The molecule has 1 nitrogen and oxygen atoms in total. The first-order chi connectivity index (χ1) is 4.56. The molecule has 2 aliphatic heterocycles. The van der Waals surface area contributed by atoms with Crippen LogP contribution in [0.5, 0.6) is 0 Å². The summed E-state index contributed by atoms with van der Waals surface area (Å²) < 4.78 is 5.78. The highest BCUT2D eigenvalue weighted by atomic mass is 16.5. The van der Waals surface area contributed by atoms with Crippen molar-refractivity contribution in [2.75, 3.05) is 6.61 Å². The van der Waals surface area contributed by atoms with E-state index >= 15 is 0 Å². The Morgan fingerprint density at radius 3 is 2.10 bits per heavy atom. The van der Waals surface area contributed by atoms with Gasteiger partial charge in [-0.25, -0.2) is 0 Å². The van der Waals surface area contributed by atoms with Gasteiger partial charge in [-0.05, 0) is 24.2 Å². The number of ether oxygens (including phenoxy) is 1. The van der Waals surface area contributed by atoms with E-state index in [1.165, 1.54) is 12.8 Å². The van der Waals surface area contributed by atoms with Crippen molar-refractivity contribution in [3.8, 4) is 0 Å². The van der Waals surface area contributed by atoms with E-state index in [9.17, 15) is 0 Å². The van der Waals surface area contributed by atoms with Crippen molar-refractivity contribution in [1.82, 2.24) is 0 Å². The van der Waals surface area contributed by atoms with Crippen LogP contribution in [-0.2, 0) is 4.74 Å². The van der Waals surface area contributed by atoms with Crippen LogP contribution in [0.4, 0.5) is 0 Å². The maximum Gasteiger partial charge on any atom is 0.0717 e. The van der Waals surface area contributed by atoms with E-state index in [0.29, 0.717) is 16.9 Å². The van der Waals surface area contributed by atoms with Gasteiger partial charge in [-0.15, -0.1) is 0 Å². The molecule has 1 heteroatoms. The van der Waals surface area contributed by atoms with E-state index in [-0.39, 0.29) is 0 Å². The first-order valence-corrected chi connectivity index (χ1v) is 4.20. The molecule has 0 aromatic heterocycles. The van der Waals surface area contributed by atoms with Crippen LogP contribution in [0.1, 0.15) is 33.6 Å². The minimum Gasteiger partial charge on any atom is -0.374 e. The smallest absolute Gasteiger partial charge is 0.0717 e. The van der Waals surface area contributed by atoms with Crippen molar-refractivity contribution in [1.29, 1.82) is 0 Å². The predicted molar refractivity (Wildman–Crippen MR) is 40.9 cm³/mol. The third-order valence-electron chi connectivity index (χ3n) is 3.21. The zero-order valence-corrected chi connectivity index (χ0v) is 7.11. The van der Waals surface area contributed by atoms with E-state index < -0.39 is 0 Å². The van der Waals surface area contributed by atoms with Crippen molar-refractivity contribution in [2.45, 2.75) is 39.2 Å². The number of hydrogen-bond donors (Lipinski definition) is 0. The predicted octanol–water partition coefficient (Wildman–Crippen LogP) is 2.21. The van der Waals surface area contributed by atoms with Gasteiger partial charge in [-0.1, -0.05) is 20.8 Å². The van der Waals surface area contributed by atoms with Crippen molar-refractivity contribution < 1.29 is 4.74 Å². The Kier molecular flexibility index (Phi) is 1.05. The Bertz CT molecular complexity index is 154. The fourth-order valence-corrected chi connectivity index (χ4v) is 2.49. The second-order valence-electron chi connectivity index (χ2n) is 4.67. The maximum absolute atomic E-state index is 5.78. The first kappa shape index (κ1) is 6.66. The zero-order chi connectivity index (χ0) is 7.41. The van der Waals surface area contributed by atoms with Gasteiger partial charge in [0.25, 0.3) is 0 Å². The topological polar surface area (TPSA) is 9.23 Å². The minimum absolute atomic E-state index is 0.300. The summed E-state index contributed by atoms with van der Waals surface area (Å²) in [5, 5.41) is 0. The Hall–Kier alpha value is -0.0400. The van der Waals surface area contributed by atoms with Crippen LogP contribution in [0.2, 0.25) is 0 Å². The summed E-state index contributed by atoms with van der Waals surface area (Å²) in [5.74, 6) is 0.711. The summed E-state index contributed by atoms with van der Waals surface area (Å²) in [6.07, 6.45) is 2.61. The van der Waals surface area contributed by atoms with Gasteiger partial charge in [-0.3, -0.25) is 0 Å². The summed E-state index contributed by atoms with van der Waals surface area (Å²) in [5.41, 5.74) is 0.860. The molecule has 0 atom stereocenters. The molecule has 0 spiro atoms. The Morgan fingerprint density at radius 2 is 1.90 bits per heavy atom. The molecule has 0 aromatic carbocycles. The van der Waals surface area contributed by atoms with Gasteiger partial charge in [0, 0.05) is 0 Å². The molecule has 0 radical (unpaired) electrons. The highest BCUT2D eigenvalue weighted by Gasteiger charge is 2.60. The summed E-state index contributed by atoms with van der Waals surface area (Å²) in [6, 6.07) is 0. The summed E-state index contributed by atoms with van der Waals surface area (Å²) in [6.45, 7) is 7.88. The lowest BCUT2D eigenvalue weighted by Gasteiger charge is -2.45. The van der Waals surface area contributed by atoms with Crippen LogP contribution in [0.25, 0.3) is 0 Å². The Morgan fingerprint density at radius 1 is 1.30 bits per heavy atom.